The van der Waals surface area contributed by atoms with E-state index >= 15 is 0 Å². The Labute approximate surface area is 130 Å². The van der Waals surface area contributed by atoms with Crippen molar-refractivity contribution in [3.05, 3.63) is 43.9 Å². The molecule has 2 rings (SSSR count). The SMILES string of the molecule is CC(Cc1cccs1)N(C)c1cc(F)c(I)cc1N. The molecule has 0 saturated carbocycles. The van der Waals surface area contributed by atoms with Gasteiger partial charge in [0.05, 0.1) is 14.9 Å². The zero-order valence-corrected chi connectivity index (χ0v) is 13.8. The molecule has 0 fully saturated rings. The molecule has 1 aromatic heterocycles. The molecule has 0 aliphatic rings. The van der Waals surface area contributed by atoms with Crippen LogP contribution in [0.2, 0.25) is 0 Å². The van der Waals surface area contributed by atoms with E-state index in [4.69, 9.17) is 5.73 Å². The first-order valence-corrected chi connectivity index (χ1v) is 7.94. The van der Waals surface area contributed by atoms with E-state index in [1.165, 1.54) is 10.9 Å². The fraction of sp³-hybridized carbons (Fsp3) is 0.286. The molecule has 2 aromatic rings. The summed E-state index contributed by atoms with van der Waals surface area (Å²) in [4.78, 5) is 3.36. The first kappa shape index (κ1) is 14.6. The number of nitrogens with two attached hydrogens (primary N) is 1. The van der Waals surface area contributed by atoms with Crippen molar-refractivity contribution in [1.82, 2.24) is 0 Å². The van der Waals surface area contributed by atoms with Gasteiger partial charge in [0.1, 0.15) is 5.82 Å². The largest absolute Gasteiger partial charge is 0.397 e. The van der Waals surface area contributed by atoms with E-state index < -0.39 is 0 Å². The van der Waals surface area contributed by atoms with Crippen LogP contribution in [0.3, 0.4) is 0 Å². The molecule has 1 unspecified atom stereocenters. The van der Waals surface area contributed by atoms with E-state index in [9.17, 15) is 4.39 Å². The average molecular weight is 390 g/mol. The highest BCUT2D eigenvalue weighted by molar-refractivity contribution is 14.1. The topological polar surface area (TPSA) is 29.3 Å². The second-order valence-corrected chi connectivity index (χ2v) is 6.76. The standard InChI is InChI=1S/C14H16FIN2S/c1-9(6-10-4-3-5-19-10)18(2)14-7-11(15)12(16)8-13(14)17/h3-5,7-9H,6,17H2,1-2H3. The fourth-order valence-electron chi connectivity index (χ4n) is 1.95. The Hall–Kier alpha value is -0.820. The van der Waals surface area contributed by atoms with Crippen LogP contribution in [0.4, 0.5) is 15.8 Å². The summed E-state index contributed by atoms with van der Waals surface area (Å²) in [6, 6.07) is 7.63. The molecule has 102 valence electrons. The molecular weight excluding hydrogens is 374 g/mol. The number of hydrogen-bond acceptors (Lipinski definition) is 3. The number of anilines is 2. The highest BCUT2D eigenvalue weighted by Gasteiger charge is 2.15. The van der Waals surface area contributed by atoms with E-state index in [1.54, 1.807) is 17.4 Å². The highest BCUT2D eigenvalue weighted by Crippen LogP contribution is 2.29. The molecule has 0 amide bonds. The summed E-state index contributed by atoms with van der Waals surface area (Å²) in [6.07, 6.45) is 0.932. The summed E-state index contributed by atoms with van der Waals surface area (Å²) in [5.41, 5.74) is 7.36. The van der Waals surface area contributed by atoms with Gasteiger partial charge in [0.15, 0.2) is 0 Å². The molecule has 19 heavy (non-hydrogen) atoms. The van der Waals surface area contributed by atoms with Crippen LogP contribution < -0.4 is 10.6 Å². The third-order valence-corrected chi connectivity index (χ3v) is 4.91. The number of hydrogen-bond donors (Lipinski definition) is 1. The molecule has 0 saturated heterocycles. The summed E-state index contributed by atoms with van der Waals surface area (Å²) in [7, 11) is 1.95. The third-order valence-electron chi connectivity index (χ3n) is 3.19. The van der Waals surface area contributed by atoms with Crippen molar-refractivity contribution >= 4 is 45.3 Å². The number of nitrogens with zero attached hydrogens (tertiary/aromatic N) is 1. The van der Waals surface area contributed by atoms with Gasteiger partial charge in [-0.15, -0.1) is 11.3 Å². The molecule has 0 aliphatic heterocycles. The highest BCUT2D eigenvalue weighted by atomic mass is 127. The van der Waals surface area contributed by atoms with Gasteiger partial charge in [-0.05, 0) is 47.0 Å². The summed E-state index contributed by atoms with van der Waals surface area (Å²) < 4.78 is 14.2. The quantitative estimate of drug-likeness (QED) is 0.628. The van der Waals surface area contributed by atoms with Crippen molar-refractivity contribution in [3.63, 3.8) is 0 Å². The van der Waals surface area contributed by atoms with Crippen LogP contribution >= 0.6 is 33.9 Å². The molecule has 0 radical (unpaired) electrons. The maximum Gasteiger partial charge on any atom is 0.138 e. The lowest BCUT2D eigenvalue weighted by atomic mass is 10.1. The molecule has 1 heterocycles. The third kappa shape index (κ3) is 3.39. The van der Waals surface area contributed by atoms with Crippen molar-refractivity contribution in [2.24, 2.45) is 0 Å². The first-order valence-electron chi connectivity index (χ1n) is 5.98. The van der Waals surface area contributed by atoms with Crippen LogP contribution in [0.15, 0.2) is 29.6 Å². The Morgan fingerprint density at radius 2 is 2.21 bits per heavy atom. The van der Waals surface area contributed by atoms with Crippen LogP contribution in [0, 0.1) is 9.39 Å². The Kier molecular flexibility index (Phi) is 4.67. The molecule has 1 aromatic carbocycles. The number of nitrogen functional groups attached to an aromatic ring is 1. The Morgan fingerprint density at radius 3 is 2.84 bits per heavy atom. The predicted molar refractivity (Wildman–Crippen MR) is 89.4 cm³/mol. The van der Waals surface area contributed by atoms with Crippen molar-refractivity contribution in [2.45, 2.75) is 19.4 Å². The van der Waals surface area contributed by atoms with Gasteiger partial charge < -0.3 is 10.6 Å². The summed E-state index contributed by atoms with van der Waals surface area (Å²) in [5.74, 6) is -0.222. The number of thiophene rings is 1. The zero-order valence-electron chi connectivity index (χ0n) is 10.9. The van der Waals surface area contributed by atoms with Crippen molar-refractivity contribution in [3.8, 4) is 0 Å². The number of benzene rings is 1. The first-order chi connectivity index (χ1) is 8.99. The summed E-state index contributed by atoms with van der Waals surface area (Å²) in [5, 5.41) is 2.07. The minimum Gasteiger partial charge on any atom is -0.397 e. The van der Waals surface area contributed by atoms with Crippen LogP contribution in [-0.4, -0.2) is 13.1 Å². The minimum atomic E-state index is -0.222. The van der Waals surface area contributed by atoms with Crippen molar-refractivity contribution in [1.29, 1.82) is 0 Å². The second kappa shape index (κ2) is 6.09. The molecule has 1 atom stereocenters. The Bertz CT molecular complexity index is 557. The van der Waals surface area contributed by atoms with Gasteiger partial charge in [-0.1, -0.05) is 6.07 Å². The predicted octanol–water partition coefficient (Wildman–Crippen LogP) is 4.14. The molecular formula is C14H16FIN2S. The number of likely N-dealkylation sites (N-methyl/N-ethyl adjacent to an activating group) is 1. The minimum absolute atomic E-state index is 0.222. The normalized spacial score (nSPS) is 12.4. The maximum atomic E-state index is 13.7. The van der Waals surface area contributed by atoms with E-state index in [2.05, 4.69) is 18.4 Å². The molecule has 0 spiro atoms. The van der Waals surface area contributed by atoms with Crippen LogP contribution in [0.1, 0.15) is 11.8 Å². The van der Waals surface area contributed by atoms with Gasteiger partial charge in [-0.3, -0.25) is 0 Å². The van der Waals surface area contributed by atoms with Gasteiger partial charge in [-0.2, -0.15) is 0 Å². The van der Waals surface area contributed by atoms with Gasteiger partial charge in [0.2, 0.25) is 0 Å². The van der Waals surface area contributed by atoms with Crippen LogP contribution in [-0.2, 0) is 6.42 Å². The van der Waals surface area contributed by atoms with E-state index in [0.717, 1.165) is 12.1 Å². The smallest absolute Gasteiger partial charge is 0.138 e. The second-order valence-electron chi connectivity index (χ2n) is 4.57. The summed E-state index contributed by atoms with van der Waals surface area (Å²) in [6.45, 7) is 2.12. The van der Waals surface area contributed by atoms with Crippen molar-refractivity contribution in [2.75, 3.05) is 17.7 Å². The number of rotatable bonds is 4. The molecule has 5 heteroatoms. The zero-order chi connectivity index (χ0) is 14.0. The maximum absolute atomic E-state index is 13.7. The van der Waals surface area contributed by atoms with Gasteiger partial charge in [-0.25, -0.2) is 4.39 Å². The van der Waals surface area contributed by atoms with Gasteiger partial charge in [0.25, 0.3) is 0 Å². The lowest BCUT2D eigenvalue weighted by Crippen LogP contribution is -2.31. The van der Waals surface area contributed by atoms with E-state index in [1.807, 2.05) is 40.6 Å². The monoisotopic (exact) mass is 390 g/mol. The van der Waals surface area contributed by atoms with E-state index in [-0.39, 0.29) is 11.9 Å². The molecule has 0 bridgehead atoms. The van der Waals surface area contributed by atoms with Crippen LogP contribution in [0.25, 0.3) is 0 Å². The van der Waals surface area contributed by atoms with Gasteiger partial charge in [0, 0.05) is 30.5 Å². The Balaban J connectivity index is 2.19. The van der Waals surface area contributed by atoms with Crippen molar-refractivity contribution < 1.29 is 4.39 Å². The fourth-order valence-corrected chi connectivity index (χ4v) is 3.27. The van der Waals surface area contributed by atoms with Gasteiger partial charge >= 0.3 is 0 Å². The Morgan fingerprint density at radius 1 is 1.47 bits per heavy atom. The molecule has 0 aliphatic carbocycles. The lowest BCUT2D eigenvalue weighted by Gasteiger charge is -2.28. The molecule has 2 nitrogen and oxygen atoms in total. The average Bonchev–Trinajstić information content (AvgIpc) is 2.85. The van der Waals surface area contributed by atoms with E-state index in [0.29, 0.717) is 9.26 Å². The van der Waals surface area contributed by atoms with Crippen LogP contribution in [0.5, 0.6) is 0 Å². The number of halogens is 2. The summed E-state index contributed by atoms with van der Waals surface area (Å²) >= 11 is 3.69. The lowest BCUT2D eigenvalue weighted by molar-refractivity contribution is 0.617. The molecule has 2 N–H and O–H groups in total.